The third-order valence-electron chi connectivity index (χ3n) is 5.91. The van der Waals surface area contributed by atoms with Crippen LogP contribution < -0.4 is 11.1 Å². The van der Waals surface area contributed by atoms with E-state index in [-0.39, 0.29) is 24.2 Å². The highest BCUT2D eigenvalue weighted by Crippen LogP contribution is 2.27. The fraction of sp³-hybridized carbons (Fsp3) is 0.296. The largest absolute Gasteiger partial charge is 0.396 e. The highest BCUT2D eigenvalue weighted by Gasteiger charge is 2.21. The lowest BCUT2D eigenvalue weighted by molar-refractivity contribution is 0.0781. The summed E-state index contributed by atoms with van der Waals surface area (Å²) in [6.07, 6.45) is 3.13. The first-order valence-electron chi connectivity index (χ1n) is 12.1. The van der Waals surface area contributed by atoms with Gasteiger partial charge < -0.3 is 25.6 Å². The molecule has 10 nitrogen and oxygen atoms in total. The zero-order chi connectivity index (χ0) is 26.4. The number of rotatable bonds is 6. The van der Waals surface area contributed by atoms with Crippen molar-refractivity contribution in [3.63, 3.8) is 0 Å². The number of nitrogens with one attached hydrogen (secondary N) is 1. The van der Waals surface area contributed by atoms with Gasteiger partial charge in [-0.3, -0.25) is 4.79 Å². The van der Waals surface area contributed by atoms with Crippen molar-refractivity contribution in [1.29, 1.82) is 0 Å². The maximum atomic E-state index is 12.2. The Morgan fingerprint density at radius 1 is 1.14 bits per heavy atom. The molecule has 2 aromatic heterocycles. The summed E-state index contributed by atoms with van der Waals surface area (Å²) in [5, 5.41) is 15.6. The Balaban J connectivity index is 0.000000301. The predicted molar refractivity (Wildman–Crippen MR) is 141 cm³/mol. The highest BCUT2D eigenvalue weighted by molar-refractivity contribution is 5.97. The van der Waals surface area contributed by atoms with E-state index in [9.17, 15) is 4.79 Å². The molecule has 37 heavy (non-hydrogen) atoms. The summed E-state index contributed by atoms with van der Waals surface area (Å²) in [4.78, 5) is 26.8. The lowest BCUT2D eigenvalue weighted by Crippen LogP contribution is -2.34. The maximum Gasteiger partial charge on any atom is 0.263 e. The van der Waals surface area contributed by atoms with Crippen LogP contribution in [-0.2, 0) is 12.8 Å². The number of likely N-dealkylation sites (N-methyl/N-ethyl adjacent to an activating group) is 1. The Morgan fingerprint density at radius 3 is 2.59 bits per heavy atom. The Kier molecular flexibility index (Phi) is 8.09. The molecule has 3 heterocycles. The quantitative estimate of drug-likeness (QED) is 0.359. The molecule has 4 aromatic rings. The third-order valence-corrected chi connectivity index (χ3v) is 5.91. The van der Waals surface area contributed by atoms with E-state index in [1.165, 1.54) is 5.56 Å². The molecule has 0 saturated carbocycles. The number of hydrogen-bond acceptors (Lipinski definition) is 9. The molecule has 5 rings (SSSR count). The van der Waals surface area contributed by atoms with Gasteiger partial charge in [-0.1, -0.05) is 49.3 Å². The number of anilines is 3. The summed E-state index contributed by atoms with van der Waals surface area (Å²) in [5.41, 5.74) is 10.3. The summed E-state index contributed by atoms with van der Waals surface area (Å²) in [7, 11) is 1.81. The van der Waals surface area contributed by atoms with Crippen LogP contribution in [0.25, 0.3) is 11.5 Å². The van der Waals surface area contributed by atoms with Crippen molar-refractivity contribution < 1.29 is 14.4 Å². The number of carbonyl (C=O) groups excluding carboxylic acids is 1. The fourth-order valence-corrected chi connectivity index (χ4v) is 3.78. The standard InChI is InChI=1S/C19H21N7O2.C8H10O/c1-10(2)16-24-17(28-25-16)14-9-21-19(23-15(14)20)22-12-4-5-13-11(8-12)6-7-26(3)18(13)27;9-7-6-8-4-2-1-3-5-8/h4-5,8-10H,6-7H2,1-3H3,(H3,20,21,22,23);1-5,9H,6-7H2. The van der Waals surface area contributed by atoms with Crippen molar-refractivity contribution >= 4 is 23.4 Å². The number of aromatic nitrogens is 4. The third kappa shape index (κ3) is 6.28. The number of nitrogens with two attached hydrogens (primary N) is 1. The smallest absolute Gasteiger partial charge is 0.263 e. The monoisotopic (exact) mass is 501 g/mol. The van der Waals surface area contributed by atoms with Gasteiger partial charge in [0.05, 0.1) is 0 Å². The maximum absolute atomic E-state index is 12.2. The molecule has 0 spiro atoms. The SMILES string of the molecule is CC(C)c1noc(-c2cnc(Nc3ccc4c(c3)CCN(C)C4=O)nc2N)n1.OCCc1ccccc1. The van der Waals surface area contributed by atoms with Gasteiger partial charge in [-0.25, -0.2) is 4.98 Å². The number of fused-ring (bicyclic) bond motifs is 1. The molecule has 192 valence electrons. The molecular formula is C27H31N7O3. The van der Waals surface area contributed by atoms with E-state index in [0.717, 1.165) is 29.7 Å². The minimum absolute atomic E-state index is 0.0398. The van der Waals surface area contributed by atoms with E-state index >= 15 is 0 Å². The normalized spacial score (nSPS) is 12.7. The number of aliphatic hydroxyl groups is 1. The van der Waals surface area contributed by atoms with E-state index in [0.29, 0.717) is 29.8 Å². The Hall–Kier alpha value is -4.31. The minimum atomic E-state index is 0.0398. The number of nitrogen functional groups attached to an aromatic ring is 1. The number of aliphatic hydroxyl groups excluding tert-OH is 1. The van der Waals surface area contributed by atoms with Crippen LogP contribution >= 0.6 is 0 Å². The second kappa shape index (κ2) is 11.6. The van der Waals surface area contributed by atoms with Crippen LogP contribution in [-0.4, -0.2) is 56.2 Å². The molecule has 0 atom stereocenters. The number of amides is 1. The zero-order valence-corrected chi connectivity index (χ0v) is 21.2. The molecule has 0 radical (unpaired) electrons. The van der Waals surface area contributed by atoms with E-state index in [1.807, 2.05) is 69.4 Å². The first-order valence-corrected chi connectivity index (χ1v) is 12.1. The summed E-state index contributed by atoms with van der Waals surface area (Å²) >= 11 is 0. The summed E-state index contributed by atoms with van der Waals surface area (Å²) in [5.74, 6) is 1.68. The van der Waals surface area contributed by atoms with Crippen LogP contribution in [0.1, 0.15) is 47.1 Å². The van der Waals surface area contributed by atoms with E-state index < -0.39 is 0 Å². The van der Waals surface area contributed by atoms with Crippen molar-refractivity contribution in [1.82, 2.24) is 25.0 Å². The van der Waals surface area contributed by atoms with Crippen LogP contribution in [0.4, 0.5) is 17.5 Å². The van der Waals surface area contributed by atoms with Gasteiger partial charge in [0, 0.05) is 43.6 Å². The molecule has 0 saturated heterocycles. The molecule has 1 amide bonds. The highest BCUT2D eigenvalue weighted by atomic mass is 16.5. The summed E-state index contributed by atoms with van der Waals surface area (Å²) < 4.78 is 5.25. The lowest BCUT2D eigenvalue weighted by atomic mass is 9.99. The molecule has 1 aliphatic heterocycles. The summed E-state index contributed by atoms with van der Waals surface area (Å²) in [6, 6.07) is 15.5. The van der Waals surface area contributed by atoms with Gasteiger partial charge in [0.2, 0.25) is 5.95 Å². The molecule has 0 fully saturated rings. The molecule has 0 bridgehead atoms. The first-order chi connectivity index (χ1) is 17.9. The van der Waals surface area contributed by atoms with E-state index in [2.05, 4.69) is 25.4 Å². The second-order valence-electron chi connectivity index (χ2n) is 9.04. The van der Waals surface area contributed by atoms with Crippen LogP contribution in [0, 0.1) is 0 Å². The number of benzene rings is 2. The van der Waals surface area contributed by atoms with Crippen LogP contribution in [0.3, 0.4) is 0 Å². The van der Waals surface area contributed by atoms with Gasteiger partial charge >= 0.3 is 0 Å². The average molecular weight is 502 g/mol. The zero-order valence-electron chi connectivity index (χ0n) is 21.2. The number of carbonyl (C=O) groups is 1. The van der Waals surface area contributed by atoms with Gasteiger partial charge in [0.1, 0.15) is 11.4 Å². The van der Waals surface area contributed by atoms with Crippen molar-refractivity contribution in [2.45, 2.75) is 32.6 Å². The molecule has 0 unspecified atom stereocenters. The molecule has 2 aromatic carbocycles. The number of hydrogen-bond donors (Lipinski definition) is 3. The fourth-order valence-electron chi connectivity index (χ4n) is 3.78. The van der Waals surface area contributed by atoms with Crippen molar-refractivity contribution in [2.75, 3.05) is 31.2 Å². The van der Waals surface area contributed by atoms with Crippen LogP contribution in [0.15, 0.2) is 59.3 Å². The average Bonchev–Trinajstić information content (AvgIpc) is 3.38. The lowest BCUT2D eigenvalue weighted by Gasteiger charge is -2.25. The topological polar surface area (TPSA) is 143 Å². The predicted octanol–water partition coefficient (Wildman–Crippen LogP) is 3.83. The minimum Gasteiger partial charge on any atom is -0.396 e. The van der Waals surface area contributed by atoms with Crippen LogP contribution in [0.5, 0.6) is 0 Å². The van der Waals surface area contributed by atoms with Gasteiger partial charge in [-0.2, -0.15) is 9.97 Å². The Bertz CT molecular complexity index is 1360. The van der Waals surface area contributed by atoms with Crippen molar-refractivity contribution in [3.05, 3.63) is 77.2 Å². The molecule has 0 aliphatic carbocycles. The summed E-state index contributed by atoms with van der Waals surface area (Å²) in [6.45, 7) is 4.90. The van der Waals surface area contributed by atoms with Crippen molar-refractivity contribution in [2.24, 2.45) is 0 Å². The van der Waals surface area contributed by atoms with Crippen LogP contribution in [0.2, 0.25) is 0 Å². The number of nitrogens with zero attached hydrogens (tertiary/aromatic N) is 5. The molecule has 10 heteroatoms. The Labute approximate surface area is 215 Å². The Morgan fingerprint density at radius 2 is 1.92 bits per heavy atom. The van der Waals surface area contributed by atoms with Crippen molar-refractivity contribution in [3.8, 4) is 11.5 Å². The molecular weight excluding hydrogens is 470 g/mol. The second-order valence-corrected chi connectivity index (χ2v) is 9.04. The van der Waals surface area contributed by atoms with Gasteiger partial charge in [-0.15, -0.1) is 0 Å². The van der Waals surface area contributed by atoms with E-state index in [1.54, 1.807) is 11.1 Å². The van der Waals surface area contributed by atoms with Gasteiger partial charge in [0.25, 0.3) is 11.8 Å². The van der Waals surface area contributed by atoms with Gasteiger partial charge in [-0.05, 0) is 42.2 Å². The molecule has 4 N–H and O–H groups in total. The molecule has 1 aliphatic rings. The van der Waals surface area contributed by atoms with Gasteiger partial charge in [0.15, 0.2) is 5.82 Å². The first kappa shape index (κ1) is 25.8. The van der Waals surface area contributed by atoms with E-state index in [4.69, 9.17) is 15.4 Å².